The number of imidazole rings is 1. The molecule has 0 unspecified atom stereocenters. The molecule has 0 saturated heterocycles. The number of H-pyrrole nitrogens is 1. The van der Waals surface area contributed by atoms with Crippen molar-refractivity contribution in [2.75, 3.05) is 7.11 Å². The molecule has 15 heavy (non-hydrogen) atoms. The van der Waals surface area contributed by atoms with Gasteiger partial charge in [0.1, 0.15) is 11.5 Å². The van der Waals surface area contributed by atoms with Crippen LogP contribution in [0.5, 0.6) is 0 Å². The predicted octanol–water partition coefficient (Wildman–Crippen LogP) is 1.63. The molecule has 2 rings (SSSR count). The average Bonchev–Trinajstić information content (AvgIpc) is 2.84. The number of ether oxygens (including phenoxy) is 1. The molecule has 0 amide bonds. The Morgan fingerprint density at radius 1 is 1.60 bits per heavy atom. The minimum absolute atomic E-state index is 0.346. The van der Waals surface area contributed by atoms with Gasteiger partial charge in [-0.15, -0.1) is 0 Å². The molecule has 2 heterocycles. The second-order valence-electron chi connectivity index (χ2n) is 2.97. The van der Waals surface area contributed by atoms with Crippen LogP contribution < -0.4 is 0 Å². The van der Waals surface area contributed by atoms with E-state index < -0.39 is 5.97 Å². The van der Waals surface area contributed by atoms with Crippen LogP contribution in [0.2, 0.25) is 0 Å². The Hall–Kier alpha value is -1.69. The molecule has 1 N–H and O–H groups in total. The predicted molar refractivity (Wildman–Crippen MR) is 55.8 cm³/mol. The minimum Gasteiger partial charge on any atom is -0.464 e. The third-order valence-electron chi connectivity index (χ3n) is 1.84. The van der Waals surface area contributed by atoms with Gasteiger partial charge in [0.25, 0.3) is 0 Å². The third-order valence-corrected chi connectivity index (χ3v) is 2.73. The molecule has 6 heteroatoms. The standard InChI is InChI=1S/C9H9N3O2S/c1-5-3-7(15-12-5)8-10-4-6(11-8)9(13)14-2/h3-4H,1-2H3,(H,10,11). The average molecular weight is 223 g/mol. The van der Waals surface area contributed by atoms with Gasteiger partial charge in [0.15, 0.2) is 0 Å². The van der Waals surface area contributed by atoms with Gasteiger partial charge in [-0.25, -0.2) is 9.78 Å². The minimum atomic E-state index is -0.421. The molecular formula is C9H9N3O2S. The number of aryl methyl sites for hydroxylation is 1. The van der Waals surface area contributed by atoms with E-state index in [1.54, 1.807) is 0 Å². The summed E-state index contributed by atoms with van der Waals surface area (Å²) in [5.41, 5.74) is 1.28. The fraction of sp³-hybridized carbons (Fsp3) is 0.222. The summed E-state index contributed by atoms with van der Waals surface area (Å²) in [7, 11) is 1.33. The topological polar surface area (TPSA) is 67.9 Å². The summed E-state index contributed by atoms with van der Waals surface area (Å²) in [6, 6.07) is 1.91. The van der Waals surface area contributed by atoms with Crippen LogP contribution in [-0.4, -0.2) is 27.4 Å². The number of hydrogen-bond acceptors (Lipinski definition) is 5. The van der Waals surface area contributed by atoms with Crippen molar-refractivity contribution in [3.63, 3.8) is 0 Å². The quantitative estimate of drug-likeness (QED) is 0.786. The molecule has 5 nitrogen and oxygen atoms in total. The lowest BCUT2D eigenvalue weighted by molar-refractivity contribution is 0.0595. The second-order valence-corrected chi connectivity index (χ2v) is 3.77. The number of nitrogens with zero attached hydrogens (tertiary/aromatic N) is 2. The maximum atomic E-state index is 11.2. The van der Waals surface area contributed by atoms with Crippen molar-refractivity contribution in [3.05, 3.63) is 23.7 Å². The molecule has 78 valence electrons. The summed E-state index contributed by atoms with van der Waals surface area (Å²) in [6.07, 6.45) is 1.45. The van der Waals surface area contributed by atoms with Crippen LogP contribution >= 0.6 is 11.5 Å². The van der Waals surface area contributed by atoms with E-state index in [0.717, 1.165) is 10.6 Å². The van der Waals surface area contributed by atoms with E-state index in [-0.39, 0.29) is 0 Å². The number of rotatable bonds is 2. The molecule has 0 fully saturated rings. The van der Waals surface area contributed by atoms with Gasteiger partial charge in [0, 0.05) is 0 Å². The van der Waals surface area contributed by atoms with Crippen molar-refractivity contribution < 1.29 is 9.53 Å². The van der Waals surface area contributed by atoms with Crippen molar-refractivity contribution >= 4 is 17.5 Å². The maximum Gasteiger partial charge on any atom is 0.356 e. The van der Waals surface area contributed by atoms with E-state index in [1.165, 1.54) is 24.8 Å². The molecule has 0 aliphatic carbocycles. The van der Waals surface area contributed by atoms with Crippen LogP contribution in [0.15, 0.2) is 12.3 Å². The number of methoxy groups -OCH3 is 1. The molecule has 0 atom stereocenters. The smallest absolute Gasteiger partial charge is 0.356 e. The van der Waals surface area contributed by atoms with Crippen molar-refractivity contribution in [2.45, 2.75) is 6.92 Å². The number of nitrogens with one attached hydrogen (secondary N) is 1. The molecule has 0 aliphatic heterocycles. The third kappa shape index (κ3) is 1.89. The first kappa shape index (κ1) is 9.85. The number of esters is 1. The number of hydrogen-bond donors (Lipinski definition) is 1. The maximum absolute atomic E-state index is 11.2. The van der Waals surface area contributed by atoms with Crippen molar-refractivity contribution in [2.24, 2.45) is 0 Å². The highest BCUT2D eigenvalue weighted by Gasteiger charge is 2.11. The van der Waals surface area contributed by atoms with Gasteiger partial charge in [-0.1, -0.05) is 0 Å². The van der Waals surface area contributed by atoms with Gasteiger partial charge >= 0.3 is 5.97 Å². The summed E-state index contributed by atoms with van der Waals surface area (Å²) in [5, 5.41) is 0. The Labute approximate surface area is 90.3 Å². The molecule has 0 aromatic carbocycles. The summed E-state index contributed by atoms with van der Waals surface area (Å²) in [4.78, 5) is 19.0. The summed E-state index contributed by atoms with van der Waals surface area (Å²) in [6.45, 7) is 1.91. The zero-order valence-corrected chi connectivity index (χ0v) is 9.09. The van der Waals surface area contributed by atoms with E-state index in [4.69, 9.17) is 0 Å². The second kappa shape index (κ2) is 3.82. The number of aromatic nitrogens is 3. The van der Waals surface area contributed by atoms with Crippen molar-refractivity contribution in [1.82, 2.24) is 14.3 Å². The SMILES string of the molecule is COC(=O)c1cnc(-c2cc(C)ns2)[nH]1. The largest absolute Gasteiger partial charge is 0.464 e. The first-order chi connectivity index (χ1) is 7.20. The summed E-state index contributed by atoms with van der Waals surface area (Å²) >= 11 is 1.34. The lowest BCUT2D eigenvalue weighted by Crippen LogP contribution is -2.00. The monoisotopic (exact) mass is 223 g/mol. The number of aromatic amines is 1. The van der Waals surface area contributed by atoms with Crippen molar-refractivity contribution in [1.29, 1.82) is 0 Å². The van der Waals surface area contributed by atoms with Crippen LogP contribution in [0.4, 0.5) is 0 Å². The highest BCUT2D eigenvalue weighted by molar-refractivity contribution is 7.09. The Kier molecular flexibility index (Phi) is 2.51. The van der Waals surface area contributed by atoms with E-state index in [1.807, 2.05) is 13.0 Å². The summed E-state index contributed by atoms with van der Waals surface area (Å²) < 4.78 is 8.70. The van der Waals surface area contributed by atoms with Gasteiger partial charge in [0.2, 0.25) is 0 Å². The Morgan fingerprint density at radius 2 is 2.40 bits per heavy atom. The molecule has 0 bridgehead atoms. The lowest BCUT2D eigenvalue weighted by Gasteiger charge is -1.92. The normalized spacial score (nSPS) is 10.3. The van der Waals surface area contributed by atoms with Crippen LogP contribution in [-0.2, 0) is 4.74 Å². The molecule has 0 spiro atoms. The zero-order chi connectivity index (χ0) is 10.8. The number of carbonyl (C=O) groups is 1. The fourth-order valence-electron chi connectivity index (χ4n) is 1.14. The number of carbonyl (C=O) groups excluding carboxylic acids is 1. The van der Waals surface area contributed by atoms with E-state index in [2.05, 4.69) is 19.1 Å². The van der Waals surface area contributed by atoms with Gasteiger partial charge in [-0.05, 0) is 24.5 Å². The van der Waals surface area contributed by atoms with Gasteiger partial charge < -0.3 is 9.72 Å². The molecule has 0 aliphatic rings. The van der Waals surface area contributed by atoms with E-state index in [0.29, 0.717) is 11.5 Å². The molecule has 2 aromatic heterocycles. The van der Waals surface area contributed by atoms with Gasteiger partial charge in [-0.3, -0.25) is 0 Å². The van der Waals surface area contributed by atoms with Crippen LogP contribution in [0, 0.1) is 6.92 Å². The van der Waals surface area contributed by atoms with Gasteiger partial charge in [0.05, 0.1) is 23.9 Å². The summed E-state index contributed by atoms with van der Waals surface area (Å²) in [5.74, 6) is 0.219. The molecule has 0 saturated carbocycles. The van der Waals surface area contributed by atoms with E-state index >= 15 is 0 Å². The van der Waals surface area contributed by atoms with Crippen LogP contribution in [0.25, 0.3) is 10.7 Å². The highest BCUT2D eigenvalue weighted by Crippen LogP contribution is 2.21. The van der Waals surface area contributed by atoms with Crippen LogP contribution in [0.3, 0.4) is 0 Å². The van der Waals surface area contributed by atoms with E-state index in [9.17, 15) is 4.79 Å². The Balaban J connectivity index is 2.31. The Morgan fingerprint density at radius 3 is 3.00 bits per heavy atom. The lowest BCUT2D eigenvalue weighted by atomic mass is 10.4. The Bertz CT molecular complexity index is 489. The first-order valence-electron chi connectivity index (χ1n) is 4.27. The zero-order valence-electron chi connectivity index (χ0n) is 8.27. The fourth-order valence-corrected chi connectivity index (χ4v) is 1.84. The van der Waals surface area contributed by atoms with Gasteiger partial charge in [-0.2, -0.15) is 4.37 Å². The molecular weight excluding hydrogens is 214 g/mol. The highest BCUT2D eigenvalue weighted by atomic mass is 32.1. The molecule has 0 radical (unpaired) electrons. The van der Waals surface area contributed by atoms with Crippen molar-refractivity contribution in [3.8, 4) is 10.7 Å². The van der Waals surface area contributed by atoms with Crippen LogP contribution in [0.1, 0.15) is 16.2 Å². The molecule has 2 aromatic rings. The first-order valence-corrected chi connectivity index (χ1v) is 5.05.